The van der Waals surface area contributed by atoms with E-state index in [1.807, 2.05) is 0 Å². The summed E-state index contributed by atoms with van der Waals surface area (Å²) in [6, 6.07) is 5.51. The summed E-state index contributed by atoms with van der Waals surface area (Å²) in [4.78, 5) is 50.0. The summed E-state index contributed by atoms with van der Waals surface area (Å²) >= 11 is 13.9. The molecule has 6 rings (SSSR count). The first kappa shape index (κ1) is 28.6. The third kappa shape index (κ3) is 3.27. The quantitative estimate of drug-likeness (QED) is 0.133. The number of halogens is 7. The SMILES string of the molecule is CCN1C(=O)C2CC=C3C(CC4(Cl)C(=O)N(c5c(F)c(F)c(F)c(F)c5F)C(=O)C4(Cl)C3c3ccccc3O)C2C1=O. The van der Waals surface area contributed by atoms with Crippen LogP contribution in [0.3, 0.4) is 0 Å². The standard InChI is InChI=1S/C28H19Cl2F5N2O5/c1-2-36-23(39)12-8-7-10-13(15(12)24(36)40)9-27(29)25(41)37(22-20(34)18(32)17(31)19(33)21(22)35)26(42)28(27,30)16(10)11-5-3-4-6-14(11)38/h3-7,12-13,15-16,38H,2,8-9H2,1H3. The number of phenolic OH excluding ortho intramolecular Hbond substituents is 1. The molecule has 7 nitrogen and oxygen atoms in total. The lowest BCUT2D eigenvalue weighted by atomic mass is 9.56. The van der Waals surface area contributed by atoms with E-state index in [0.29, 0.717) is 0 Å². The second kappa shape index (κ2) is 9.24. The maximum absolute atomic E-state index is 15.0. The summed E-state index contributed by atoms with van der Waals surface area (Å²) in [5.41, 5.74) is -1.63. The topological polar surface area (TPSA) is 95.0 Å². The number of hydrogen-bond acceptors (Lipinski definition) is 5. The second-order valence-electron chi connectivity index (χ2n) is 10.7. The van der Waals surface area contributed by atoms with Crippen molar-refractivity contribution >= 4 is 52.5 Å². The molecule has 6 atom stereocenters. The smallest absolute Gasteiger partial charge is 0.258 e. The highest BCUT2D eigenvalue weighted by molar-refractivity contribution is 6.58. The molecule has 2 heterocycles. The Morgan fingerprint density at radius 1 is 0.881 bits per heavy atom. The van der Waals surface area contributed by atoms with Gasteiger partial charge in [0.25, 0.3) is 11.8 Å². The van der Waals surface area contributed by atoms with Gasteiger partial charge in [-0.2, -0.15) is 0 Å². The van der Waals surface area contributed by atoms with E-state index in [4.69, 9.17) is 23.2 Å². The van der Waals surface area contributed by atoms with Gasteiger partial charge in [0.05, 0.1) is 11.8 Å². The molecular weight excluding hydrogens is 610 g/mol. The zero-order valence-corrected chi connectivity index (χ0v) is 22.9. The average molecular weight is 629 g/mol. The van der Waals surface area contributed by atoms with Crippen LogP contribution in [0.4, 0.5) is 27.6 Å². The lowest BCUT2D eigenvalue weighted by Gasteiger charge is -2.50. The summed E-state index contributed by atoms with van der Waals surface area (Å²) < 4.78 is 72.2. The highest BCUT2D eigenvalue weighted by Crippen LogP contribution is 2.66. The van der Waals surface area contributed by atoms with Crippen molar-refractivity contribution in [1.29, 1.82) is 0 Å². The number of nitrogens with zero attached hydrogens (tertiary/aromatic N) is 2. The predicted octanol–water partition coefficient (Wildman–Crippen LogP) is 4.67. The Labute approximate surface area is 244 Å². The first-order valence-corrected chi connectivity index (χ1v) is 13.6. The number of imide groups is 2. The van der Waals surface area contributed by atoms with E-state index in [1.54, 1.807) is 13.0 Å². The Morgan fingerprint density at radius 3 is 2.07 bits per heavy atom. The van der Waals surface area contributed by atoms with Crippen LogP contribution in [0.15, 0.2) is 35.9 Å². The van der Waals surface area contributed by atoms with Crippen LogP contribution in [0.1, 0.15) is 31.2 Å². The van der Waals surface area contributed by atoms with Crippen molar-refractivity contribution in [2.24, 2.45) is 17.8 Å². The number of likely N-dealkylation sites (tertiary alicyclic amines) is 1. The fourth-order valence-electron chi connectivity index (χ4n) is 7.02. The van der Waals surface area contributed by atoms with Gasteiger partial charge in [0, 0.05) is 18.0 Å². The maximum atomic E-state index is 15.0. The number of allylic oxidation sites excluding steroid dienone is 2. The summed E-state index contributed by atoms with van der Waals surface area (Å²) in [6.07, 6.45) is 1.00. The van der Waals surface area contributed by atoms with Crippen LogP contribution >= 0.6 is 23.2 Å². The molecule has 2 aliphatic carbocycles. The number of alkyl halides is 2. The zero-order valence-electron chi connectivity index (χ0n) is 21.4. The van der Waals surface area contributed by atoms with Gasteiger partial charge >= 0.3 is 0 Å². The molecule has 2 aromatic carbocycles. The maximum Gasteiger partial charge on any atom is 0.258 e. The van der Waals surface area contributed by atoms with E-state index in [2.05, 4.69) is 0 Å². The number of anilines is 1. The van der Waals surface area contributed by atoms with Gasteiger partial charge in [-0.3, -0.25) is 24.1 Å². The average Bonchev–Trinajstić information content (AvgIpc) is 3.29. The molecule has 4 amide bonds. The molecule has 4 aliphatic rings. The number of carbonyl (C=O) groups excluding carboxylic acids is 4. The molecule has 3 fully saturated rings. The number of benzene rings is 2. The van der Waals surface area contributed by atoms with Gasteiger partial charge in [0.2, 0.25) is 17.6 Å². The second-order valence-corrected chi connectivity index (χ2v) is 11.9. The van der Waals surface area contributed by atoms with Crippen LogP contribution in [0.25, 0.3) is 0 Å². The van der Waals surface area contributed by atoms with Crippen molar-refractivity contribution in [3.63, 3.8) is 0 Å². The van der Waals surface area contributed by atoms with Crippen LogP contribution in [0.5, 0.6) is 5.75 Å². The highest BCUT2D eigenvalue weighted by Gasteiger charge is 2.77. The van der Waals surface area contributed by atoms with Gasteiger partial charge in [-0.25, -0.2) is 26.9 Å². The first-order valence-electron chi connectivity index (χ1n) is 12.8. The number of aromatic hydroxyl groups is 1. The molecule has 1 saturated carbocycles. The molecule has 220 valence electrons. The van der Waals surface area contributed by atoms with E-state index >= 15 is 0 Å². The van der Waals surface area contributed by atoms with Crippen molar-refractivity contribution in [1.82, 2.24) is 4.90 Å². The molecule has 6 unspecified atom stereocenters. The molecule has 0 spiro atoms. The molecule has 2 aromatic rings. The Kier molecular flexibility index (Phi) is 6.29. The van der Waals surface area contributed by atoms with E-state index in [0.717, 1.165) is 4.90 Å². The highest BCUT2D eigenvalue weighted by atomic mass is 35.5. The summed E-state index contributed by atoms with van der Waals surface area (Å²) in [7, 11) is 0. The number of para-hydroxylation sites is 1. The minimum absolute atomic E-state index is 0.0351. The van der Waals surface area contributed by atoms with Crippen LogP contribution in [0.2, 0.25) is 0 Å². The number of amides is 4. The Morgan fingerprint density at radius 2 is 1.48 bits per heavy atom. The van der Waals surface area contributed by atoms with Crippen LogP contribution in [-0.2, 0) is 19.2 Å². The van der Waals surface area contributed by atoms with Gasteiger partial charge in [0.1, 0.15) is 11.4 Å². The van der Waals surface area contributed by atoms with Gasteiger partial charge in [0.15, 0.2) is 33.0 Å². The molecule has 14 heteroatoms. The predicted molar refractivity (Wildman–Crippen MR) is 137 cm³/mol. The molecule has 2 aliphatic heterocycles. The van der Waals surface area contributed by atoms with Crippen molar-refractivity contribution in [3.05, 3.63) is 70.6 Å². The Bertz CT molecular complexity index is 1640. The van der Waals surface area contributed by atoms with Crippen molar-refractivity contribution in [2.45, 2.75) is 35.4 Å². The zero-order chi connectivity index (χ0) is 30.6. The normalized spacial score (nSPS) is 32.2. The molecule has 1 N–H and O–H groups in total. The molecule has 42 heavy (non-hydrogen) atoms. The molecule has 2 saturated heterocycles. The number of carbonyl (C=O) groups is 4. The van der Waals surface area contributed by atoms with E-state index in [9.17, 15) is 46.2 Å². The first-order chi connectivity index (χ1) is 19.7. The number of hydrogen-bond donors (Lipinski definition) is 1. The van der Waals surface area contributed by atoms with Crippen LogP contribution in [0, 0.1) is 46.8 Å². The minimum Gasteiger partial charge on any atom is -0.508 e. The number of rotatable bonds is 3. The molecular formula is C28H19Cl2F5N2O5. The van der Waals surface area contributed by atoms with Crippen molar-refractivity contribution in [2.75, 3.05) is 11.4 Å². The summed E-state index contributed by atoms with van der Waals surface area (Å²) in [6.45, 7) is 1.66. The summed E-state index contributed by atoms with van der Waals surface area (Å²) in [5.74, 6) is -21.3. The third-order valence-electron chi connectivity index (χ3n) is 8.88. The Hall–Kier alpha value is -3.51. The third-order valence-corrected chi connectivity index (χ3v) is 10.3. The van der Waals surface area contributed by atoms with Gasteiger partial charge in [-0.05, 0) is 31.7 Å². The fourth-order valence-corrected chi connectivity index (χ4v) is 7.95. The van der Waals surface area contributed by atoms with Gasteiger partial charge in [-0.1, -0.05) is 29.8 Å². The van der Waals surface area contributed by atoms with Crippen molar-refractivity contribution < 1.29 is 46.2 Å². The van der Waals surface area contributed by atoms with Crippen molar-refractivity contribution in [3.8, 4) is 5.75 Å². The lowest BCUT2D eigenvalue weighted by molar-refractivity contribution is -0.140. The molecule has 0 aromatic heterocycles. The monoisotopic (exact) mass is 628 g/mol. The number of phenols is 1. The summed E-state index contributed by atoms with van der Waals surface area (Å²) in [5, 5.41) is 10.8. The van der Waals surface area contributed by atoms with E-state index < -0.39 is 104 Å². The molecule has 0 bridgehead atoms. The van der Waals surface area contributed by atoms with Crippen LogP contribution in [-0.4, -0.2) is 49.9 Å². The minimum atomic E-state index is -2.67. The van der Waals surface area contributed by atoms with Gasteiger partial charge < -0.3 is 5.11 Å². The fraction of sp³-hybridized carbons (Fsp3) is 0.357. The molecule has 0 radical (unpaired) electrons. The van der Waals surface area contributed by atoms with Gasteiger partial charge in [-0.15, -0.1) is 23.2 Å². The lowest BCUT2D eigenvalue weighted by Crippen LogP contribution is -2.60. The largest absolute Gasteiger partial charge is 0.508 e. The van der Waals surface area contributed by atoms with Crippen LogP contribution < -0.4 is 4.90 Å². The Balaban J connectivity index is 1.61. The number of fused-ring (bicyclic) bond motifs is 4. The van der Waals surface area contributed by atoms with E-state index in [1.165, 1.54) is 24.3 Å². The van der Waals surface area contributed by atoms with E-state index in [-0.39, 0.29) is 29.0 Å².